The summed E-state index contributed by atoms with van der Waals surface area (Å²) >= 11 is 0. The van der Waals surface area contributed by atoms with Crippen LogP contribution < -0.4 is 0 Å². The fourth-order valence-corrected chi connectivity index (χ4v) is 2.48. The van der Waals surface area contributed by atoms with Gasteiger partial charge in [-0.2, -0.15) is 5.26 Å². The molecule has 1 fully saturated rings. The van der Waals surface area contributed by atoms with E-state index in [0.29, 0.717) is 5.76 Å². The number of hydrogen-bond acceptors (Lipinski definition) is 4. The molecule has 2 unspecified atom stereocenters. The molecule has 0 aromatic heterocycles. The van der Waals surface area contributed by atoms with Gasteiger partial charge in [0.1, 0.15) is 11.8 Å². The zero-order chi connectivity index (χ0) is 10.9. The third kappa shape index (κ3) is 1.39. The Morgan fingerprint density at radius 1 is 1.87 bits per heavy atom. The fraction of sp³-hybridized carbons (Fsp3) is 0.636. The number of rotatable bonds is 3. The van der Waals surface area contributed by atoms with Crippen molar-refractivity contribution in [1.82, 2.24) is 0 Å². The van der Waals surface area contributed by atoms with Crippen LogP contribution in [0.4, 0.5) is 0 Å². The Kier molecular flexibility index (Phi) is 2.39. The summed E-state index contributed by atoms with van der Waals surface area (Å²) in [6.07, 6.45) is 3.03. The number of ether oxygens (including phenoxy) is 1. The standard InChI is InChI=1S/C11H14N2O2/c1-8-10-4-3-5-11(10,15-13-8)9(2)14-7-6-12/h10H,2-5,7H2,1H3. The molecular weight excluding hydrogens is 192 g/mol. The largest absolute Gasteiger partial charge is 0.479 e. The summed E-state index contributed by atoms with van der Waals surface area (Å²) in [5.41, 5.74) is 0.523. The van der Waals surface area contributed by atoms with Crippen LogP contribution in [0.15, 0.2) is 17.5 Å². The lowest BCUT2D eigenvalue weighted by atomic mass is 9.87. The number of oxime groups is 1. The van der Waals surface area contributed by atoms with E-state index in [1.807, 2.05) is 13.0 Å². The van der Waals surface area contributed by atoms with Crippen molar-refractivity contribution in [3.63, 3.8) is 0 Å². The molecule has 0 N–H and O–H groups in total. The second kappa shape index (κ2) is 3.58. The highest BCUT2D eigenvalue weighted by Crippen LogP contribution is 2.47. The molecule has 0 amide bonds. The summed E-state index contributed by atoms with van der Waals surface area (Å²) in [6.45, 7) is 5.86. The topological polar surface area (TPSA) is 54.6 Å². The van der Waals surface area contributed by atoms with Crippen molar-refractivity contribution in [2.45, 2.75) is 31.8 Å². The Bertz CT molecular complexity index is 356. The first kappa shape index (κ1) is 10.0. The molecule has 0 spiro atoms. The van der Waals surface area contributed by atoms with Gasteiger partial charge in [0, 0.05) is 0 Å². The van der Waals surface area contributed by atoms with Gasteiger partial charge in [0.15, 0.2) is 6.61 Å². The second-order valence-electron chi connectivity index (χ2n) is 4.03. The van der Waals surface area contributed by atoms with Crippen LogP contribution in [-0.4, -0.2) is 17.9 Å². The smallest absolute Gasteiger partial charge is 0.201 e. The second-order valence-corrected chi connectivity index (χ2v) is 4.03. The highest BCUT2D eigenvalue weighted by atomic mass is 16.7. The van der Waals surface area contributed by atoms with Crippen molar-refractivity contribution in [1.29, 1.82) is 5.26 Å². The Labute approximate surface area is 89.2 Å². The molecule has 80 valence electrons. The molecule has 0 radical (unpaired) electrons. The van der Waals surface area contributed by atoms with Crippen LogP contribution in [0.25, 0.3) is 0 Å². The SMILES string of the molecule is C=C(OCC#N)C12CCCC1C(C)=NO2. The average molecular weight is 206 g/mol. The minimum atomic E-state index is -0.485. The quantitative estimate of drug-likeness (QED) is 0.663. The monoisotopic (exact) mass is 206 g/mol. The Morgan fingerprint density at radius 2 is 2.67 bits per heavy atom. The molecule has 1 aliphatic heterocycles. The maximum atomic E-state index is 8.46. The van der Waals surface area contributed by atoms with Crippen molar-refractivity contribution in [2.75, 3.05) is 6.61 Å². The number of hydrogen-bond donors (Lipinski definition) is 0. The number of nitriles is 1. The first-order valence-electron chi connectivity index (χ1n) is 5.12. The van der Waals surface area contributed by atoms with Crippen molar-refractivity contribution >= 4 is 5.71 Å². The van der Waals surface area contributed by atoms with E-state index in [1.54, 1.807) is 0 Å². The van der Waals surface area contributed by atoms with E-state index < -0.39 is 5.60 Å². The maximum Gasteiger partial charge on any atom is 0.201 e. The summed E-state index contributed by atoms with van der Waals surface area (Å²) in [6, 6.07) is 1.93. The van der Waals surface area contributed by atoms with E-state index >= 15 is 0 Å². The van der Waals surface area contributed by atoms with Gasteiger partial charge in [-0.15, -0.1) is 0 Å². The summed E-state index contributed by atoms with van der Waals surface area (Å²) < 4.78 is 5.27. The molecule has 2 atom stereocenters. The van der Waals surface area contributed by atoms with Crippen LogP contribution in [0.1, 0.15) is 26.2 Å². The van der Waals surface area contributed by atoms with Crippen LogP contribution in [0, 0.1) is 17.2 Å². The van der Waals surface area contributed by atoms with E-state index in [2.05, 4.69) is 11.7 Å². The predicted molar refractivity (Wildman–Crippen MR) is 55.0 cm³/mol. The molecular formula is C11H14N2O2. The lowest BCUT2D eigenvalue weighted by molar-refractivity contribution is -0.0409. The first-order chi connectivity index (χ1) is 7.20. The van der Waals surface area contributed by atoms with Gasteiger partial charge in [0.25, 0.3) is 0 Å². The fourth-order valence-electron chi connectivity index (χ4n) is 2.48. The zero-order valence-electron chi connectivity index (χ0n) is 8.82. The molecule has 4 heteroatoms. The van der Waals surface area contributed by atoms with Gasteiger partial charge in [-0.1, -0.05) is 11.7 Å². The summed E-state index contributed by atoms with van der Waals surface area (Å²) in [7, 11) is 0. The Morgan fingerprint density at radius 3 is 3.40 bits per heavy atom. The third-order valence-corrected chi connectivity index (χ3v) is 3.24. The number of fused-ring (bicyclic) bond motifs is 1. The van der Waals surface area contributed by atoms with E-state index in [9.17, 15) is 0 Å². The molecule has 2 aliphatic rings. The van der Waals surface area contributed by atoms with Gasteiger partial charge in [0.2, 0.25) is 5.60 Å². The molecule has 1 aliphatic carbocycles. The molecule has 2 rings (SSSR count). The van der Waals surface area contributed by atoms with Gasteiger partial charge in [-0.3, -0.25) is 0 Å². The molecule has 0 aromatic carbocycles. The summed E-state index contributed by atoms with van der Waals surface area (Å²) in [5.74, 6) is 0.829. The predicted octanol–water partition coefficient (Wildman–Crippen LogP) is 1.99. The summed E-state index contributed by atoms with van der Waals surface area (Å²) in [4.78, 5) is 5.49. The Balaban J connectivity index is 2.14. The van der Waals surface area contributed by atoms with Crippen LogP contribution in [0.2, 0.25) is 0 Å². The molecule has 1 saturated carbocycles. The molecule has 15 heavy (non-hydrogen) atoms. The zero-order valence-corrected chi connectivity index (χ0v) is 8.82. The molecule has 4 nitrogen and oxygen atoms in total. The lowest BCUT2D eigenvalue weighted by Gasteiger charge is -2.27. The molecule has 1 heterocycles. The van der Waals surface area contributed by atoms with Gasteiger partial charge < -0.3 is 9.57 Å². The lowest BCUT2D eigenvalue weighted by Crippen LogP contribution is -2.36. The van der Waals surface area contributed by atoms with E-state index in [0.717, 1.165) is 25.0 Å². The van der Waals surface area contributed by atoms with Crippen molar-refractivity contribution in [3.8, 4) is 6.07 Å². The minimum absolute atomic E-state index is 0.0235. The molecule has 0 saturated heterocycles. The normalized spacial score (nSPS) is 32.5. The van der Waals surface area contributed by atoms with Gasteiger partial charge >= 0.3 is 0 Å². The minimum Gasteiger partial charge on any atom is -0.479 e. The molecule has 0 bridgehead atoms. The van der Waals surface area contributed by atoms with Crippen molar-refractivity contribution < 1.29 is 9.57 Å². The van der Waals surface area contributed by atoms with E-state index in [4.69, 9.17) is 14.8 Å². The average Bonchev–Trinajstić information content (AvgIpc) is 2.77. The van der Waals surface area contributed by atoms with Crippen molar-refractivity contribution in [2.24, 2.45) is 11.1 Å². The van der Waals surface area contributed by atoms with Crippen LogP contribution in [0.5, 0.6) is 0 Å². The first-order valence-corrected chi connectivity index (χ1v) is 5.12. The molecule has 0 aromatic rings. The highest BCUT2D eigenvalue weighted by Gasteiger charge is 2.54. The van der Waals surface area contributed by atoms with E-state index in [-0.39, 0.29) is 12.5 Å². The van der Waals surface area contributed by atoms with Crippen LogP contribution in [-0.2, 0) is 9.57 Å². The van der Waals surface area contributed by atoms with Crippen LogP contribution in [0.3, 0.4) is 0 Å². The van der Waals surface area contributed by atoms with Crippen molar-refractivity contribution in [3.05, 3.63) is 12.3 Å². The Hall–Kier alpha value is -1.50. The van der Waals surface area contributed by atoms with E-state index in [1.165, 1.54) is 0 Å². The highest BCUT2D eigenvalue weighted by molar-refractivity contribution is 5.87. The third-order valence-electron chi connectivity index (χ3n) is 3.24. The van der Waals surface area contributed by atoms with Gasteiger partial charge in [-0.25, -0.2) is 0 Å². The van der Waals surface area contributed by atoms with Crippen LogP contribution >= 0.6 is 0 Å². The van der Waals surface area contributed by atoms with Gasteiger partial charge in [0.05, 0.1) is 11.6 Å². The number of nitrogens with zero attached hydrogens (tertiary/aromatic N) is 2. The maximum absolute atomic E-state index is 8.46. The summed E-state index contributed by atoms with van der Waals surface area (Å²) in [5, 5.41) is 12.5. The van der Waals surface area contributed by atoms with Gasteiger partial charge in [-0.05, 0) is 26.2 Å².